The number of benzene rings is 1. The second-order valence-electron chi connectivity index (χ2n) is 5.77. The van der Waals surface area contributed by atoms with Crippen molar-refractivity contribution in [1.82, 2.24) is 0 Å². The number of para-hydroxylation sites is 1. The monoisotopic (exact) mass is 230 g/mol. The van der Waals surface area contributed by atoms with Gasteiger partial charge < -0.3 is 10.6 Å². The van der Waals surface area contributed by atoms with Gasteiger partial charge in [0.2, 0.25) is 0 Å². The molecule has 0 saturated heterocycles. The first-order valence-electron chi connectivity index (χ1n) is 6.84. The minimum Gasteiger partial charge on any atom is -0.368 e. The molecule has 1 aromatic rings. The van der Waals surface area contributed by atoms with Gasteiger partial charge in [-0.05, 0) is 50.2 Å². The van der Waals surface area contributed by atoms with Crippen LogP contribution in [0.15, 0.2) is 24.3 Å². The van der Waals surface area contributed by atoms with Gasteiger partial charge in [-0.15, -0.1) is 0 Å². The maximum Gasteiger partial charge on any atom is 0.0402 e. The Morgan fingerprint density at radius 3 is 2.88 bits per heavy atom. The van der Waals surface area contributed by atoms with Gasteiger partial charge in [0, 0.05) is 24.3 Å². The Morgan fingerprint density at radius 2 is 2.12 bits per heavy atom. The largest absolute Gasteiger partial charge is 0.368 e. The lowest BCUT2D eigenvalue weighted by Gasteiger charge is -2.28. The minimum absolute atomic E-state index is 0.452. The highest BCUT2D eigenvalue weighted by Crippen LogP contribution is 2.35. The van der Waals surface area contributed by atoms with E-state index in [1.807, 2.05) is 0 Å². The van der Waals surface area contributed by atoms with Crippen molar-refractivity contribution >= 4 is 5.69 Å². The average Bonchev–Trinajstić information content (AvgIpc) is 2.85. The van der Waals surface area contributed by atoms with Gasteiger partial charge >= 0.3 is 0 Å². The third kappa shape index (κ3) is 2.06. The molecule has 0 radical (unpaired) electrons. The molecule has 1 aromatic carbocycles. The highest BCUT2D eigenvalue weighted by molar-refractivity contribution is 5.59. The van der Waals surface area contributed by atoms with E-state index in [9.17, 15) is 0 Å². The van der Waals surface area contributed by atoms with E-state index < -0.39 is 0 Å². The molecule has 0 bridgehead atoms. The number of nitrogens with zero attached hydrogens (tertiary/aromatic N) is 1. The summed E-state index contributed by atoms with van der Waals surface area (Å²) in [5.41, 5.74) is 8.98. The molecule has 2 N–H and O–H groups in total. The van der Waals surface area contributed by atoms with Crippen molar-refractivity contribution in [1.29, 1.82) is 0 Å². The third-order valence-corrected chi connectivity index (χ3v) is 4.39. The van der Waals surface area contributed by atoms with E-state index in [1.54, 1.807) is 0 Å². The molecule has 0 spiro atoms. The van der Waals surface area contributed by atoms with Crippen molar-refractivity contribution in [3.8, 4) is 0 Å². The fraction of sp³-hybridized carbons (Fsp3) is 0.600. The lowest BCUT2D eigenvalue weighted by molar-refractivity contribution is 0.503. The summed E-state index contributed by atoms with van der Waals surface area (Å²) >= 11 is 0. The zero-order valence-electron chi connectivity index (χ0n) is 10.6. The van der Waals surface area contributed by atoms with Gasteiger partial charge in [-0.2, -0.15) is 0 Å². The molecule has 92 valence electrons. The van der Waals surface area contributed by atoms with Crippen LogP contribution < -0.4 is 10.6 Å². The molecular formula is C15H22N2. The summed E-state index contributed by atoms with van der Waals surface area (Å²) < 4.78 is 0. The molecule has 0 aromatic heterocycles. The predicted molar refractivity (Wildman–Crippen MR) is 72.3 cm³/mol. The average molecular weight is 230 g/mol. The first kappa shape index (κ1) is 11.1. The molecular weight excluding hydrogens is 208 g/mol. The fourth-order valence-corrected chi connectivity index (χ4v) is 3.47. The maximum atomic E-state index is 6.01. The summed E-state index contributed by atoms with van der Waals surface area (Å²) in [4.78, 5) is 2.60. The third-order valence-electron chi connectivity index (χ3n) is 4.39. The Morgan fingerprint density at radius 1 is 1.29 bits per heavy atom. The molecule has 1 fully saturated rings. The van der Waals surface area contributed by atoms with E-state index in [4.69, 9.17) is 5.73 Å². The molecule has 3 unspecified atom stereocenters. The lowest BCUT2D eigenvalue weighted by atomic mass is 10.1. The van der Waals surface area contributed by atoms with Crippen molar-refractivity contribution in [3.63, 3.8) is 0 Å². The van der Waals surface area contributed by atoms with Gasteiger partial charge in [0.05, 0.1) is 0 Å². The van der Waals surface area contributed by atoms with Crippen LogP contribution in [0.5, 0.6) is 0 Å². The number of anilines is 1. The normalized spacial score (nSPS) is 31.9. The van der Waals surface area contributed by atoms with Gasteiger partial charge in [0.15, 0.2) is 0 Å². The molecule has 1 aliphatic carbocycles. The molecule has 2 nitrogen and oxygen atoms in total. The Hall–Kier alpha value is -1.02. The highest BCUT2D eigenvalue weighted by Gasteiger charge is 2.30. The number of rotatable bonds is 2. The van der Waals surface area contributed by atoms with Crippen molar-refractivity contribution in [3.05, 3.63) is 29.8 Å². The second-order valence-corrected chi connectivity index (χ2v) is 5.77. The van der Waals surface area contributed by atoms with E-state index in [-0.39, 0.29) is 0 Å². The van der Waals surface area contributed by atoms with E-state index >= 15 is 0 Å². The van der Waals surface area contributed by atoms with Crippen molar-refractivity contribution in [2.45, 2.75) is 44.7 Å². The van der Waals surface area contributed by atoms with Crippen molar-refractivity contribution < 1.29 is 0 Å². The summed E-state index contributed by atoms with van der Waals surface area (Å²) in [5.74, 6) is 0.804. The lowest BCUT2D eigenvalue weighted by Crippen LogP contribution is -2.34. The van der Waals surface area contributed by atoms with Crippen LogP contribution in [0.1, 0.15) is 31.7 Å². The summed E-state index contributed by atoms with van der Waals surface area (Å²) in [5, 5.41) is 0. The summed E-state index contributed by atoms with van der Waals surface area (Å²) in [6, 6.07) is 9.96. The zero-order chi connectivity index (χ0) is 11.8. The molecule has 1 heterocycles. The van der Waals surface area contributed by atoms with Gasteiger partial charge in [-0.1, -0.05) is 18.2 Å². The Kier molecular flexibility index (Phi) is 2.83. The van der Waals surface area contributed by atoms with Crippen molar-refractivity contribution in [2.24, 2.45) is 11.7 Å². The summed E-state index contributed by atoms with van der Waals surface area (Å²) in [6.45, 7) is 3.54. The van der Waals surface area contributed by atoms with Crippen LogP contribution >= 0.6 is 0 Å². The second kappa shape index (κ2) is 4.34. The first-order chi connectivity index (χ1) is 8.24. The molecule has 2 heteroatoms. The smallest absolute Gasteiger partial charge is 0.0402 e. The van der Waals surface area contributed by atoms with Gasteiger partial charge in [0.1, 0.15) is 0 Å². The number of fused-ring (bicyclic) bond motifs is 1. The van der Waals surface area contributed by atoms with Crippen LogP contribution in [0.2, 0.25) is 0 Å². The minimum atomic E-state index is 0.452. The van der Waals surface area contributed by atoms with Crippen LogP contribution in [0.4, 0.5) is 5.69 Å². The SMILES string of the molecule is CC1Cc2ccccc2N1CC1CCC(N)C1. The predicted octanol–water partition coefficient (Wildman–Crippen LogP) is 2.57. The number of hydrogen-bond acceptors (Lipinski definition) is 2. The fourth-order valence-electron chi connectivity index (χ4n) is 3.47. The Balaban J connectivity index is 1.75. The molecule has 0 amide bonds. The van der Waals surface area contributed by atoms with Crippen LogP contribution in [0, 0.1) is 5.92 Å². The van der Waals surface area contributed by atoms with E-state index in [0.717, 1.165) is 5.92 Å². The maximum absolute atomic E-state index is 6.01. The van der Waals surface area contributed by atoms with E-state index in [2.05, 4.69) is 36.1 Å². The van der Waals surface area contributed by atoms with Gasteiger partial charge in [0.25, 0.3) is 0 Å². The molecule has 17 heavy (non-hydrogen) atoms. The molecule has 3 atom stereocenters. The van der Waals surface area contributed by atoms with Crippen LogP contribution in [0.25, 0.3) is 0 Å². The number of hydrogen-bond donors (Lipinski definition) is 1. The van der Waals surface area contributed by atoms with Crippen LogP contribution in [0.3, 0.4) is 0 Å². The van der Waals surface area contributed by atoms with Crippen LogP contribution in [-0.4, -0.2) is 18.6 Å². The quantitative estimate of drug-likeness (QED) is 0.846. The first-order valence-corrected chi connectivity index (χ1v) is 6.84. The van der Waals surface area contributed by atoms with E-state index in [0.29, 0.717) is 12.1 Å². The van der Waals surface area contributed by atoms with Gasteiger partial charge in [-0.3, -0.25) is 0 Å². The van der Waals surface area contributed by atoms with Crippen LogP contribution in [-0.2, 0) is 6.42 Å². The van der Waals surface area contributed by atoms with Crippen molar-refractivity contribution in [2.75, 3.05) is 11.4 Å². The van der Waals surface area contributed by atoms with Gasteiger partial charge in [-0.25, -0.2) is 0 Å². The topological polar surface area (TPSA) is 29.3 Å². The van der Waals surface area contributed by atoms with E-state index in [1.165, 1.54) is 43.5 Å². The Bertz CT molecular complexity index is 402. The molecule has 1 aliphatic heterocycles. The number of nitrogens with two attached hydrogens (primary N) is 1. The molecule has 2 aliphatic rings. The molecule has 3 rings (SSSR count). The highest BCUT2D eigenvalue weighted by atomic mass is 15.2. The Labute approximate surface area is 104 Å². The zero-order valence-corrected chi connectivity index (χ0v) is 10.6. The standard InChI is InChI=1S/C15H22N2/c1-11-8-13-4-2-3-5-15(13)17(11)10-12-6-7-14(16)9-12/h2-5,11-12,14H,6-10,16H2,1H3. The molecule has 1 saturated carbocycles. The summed E-state index contributed by atoms with van der Waals surface area (Å²) in [7, 11) is 0. The summed E-state index contributed by atoms with van der Waals surface area (Å²) in [6.07, 6.45) is 4.95.